The molecule has 132 valence electrons. The summed E-state index contributed by atoms with van der Waals surface area (Å²) >= 11 is 0. The van der Waals surface area contributed by atoms with Gasteiger partial charge < -0.3 is 10.2 Å². The van der Waals surface area contributed by atoms with E-state index in [1.54, 1.807) is 12.4 Å². The normalized spacial score (nSPS) is 10.6. The first kappa shape index (κ1) is 17.6. The van der Waals surface area contributed by atoms with E-state index in [1.165, 1.54) is 5.56 Å². The van der Waals surface area contributed by atoms with E-state index in [1.807, 2.05) is 48.5 Å². The molecule has 1 aromatic heterocycles. The zero-order valence-corrected chi connectivity index (χ0v) is 15.0. The van der Waals surface area contributed by atoms with Crippen molar-refractivity contribution in [3.63, 3.8) is 0 Å². The number of rotatable bonds is 6. The van der Waals surface area contributed by atoms with Gasteiger partial charge >= 0.3 is 0 Å². The lowest BCUT2D eigenvalue weighted by molar-refractivity contribution is 0.102. The van der Waals surface area contributed by atoms with Gasteiger partial charge in [0.05, 0.1) is 5.56 Å². The van der Waals surface area contributed by atoms with E-state index < -0.39 is 0 Å². The quantitative estimate of drug-likeness (QED) is 0.729. The summed E-state index contributed by atoms with van der Waals surface area (Å²) in [5.41, 5.74) is 2.37. The van der Waals surface area contributed by atoms with Gasteiger partial charge in [-0.15, -0.1) is 0 Å². The van der Waals surface area contributed by atoms with Crippen LogP contribution in [0, 0.1) is 0 Å². The van der Waals surface area contributed by atoms with Crippen LogP contribution in [0.2, 0.25) is 0 Å². The third kappa shape index (κ3) is 4.45. The minimum absolute atomic E-state index is 0.220. The van der Waals surface area contributed by atoms with E-state index in [0.29, 0.717) is 18.1 Å². The van der Waals surface area contributed by atoms with Crippen LogP contribution in [0.3, 0.4) is 0 Å². The maximum Gasteiger partial charge on any atom is 0.258 e. The molecular weight excluding hydrogens is 324 g/mol. The van der Waals surface area contributed by atoms with Crippen molar-refractivity contribution >= 4 is 17.5 Å². The molecule has 0 bridgehead atoms. The molecule has 1 amide bonds. The highest BCUT2D eigenvalue weighted by Gasteiger charge is 2.15. The van der Waals surface area contributed by atoms with Crippen molar-refractivity contribution in [3.8, 4) is 0 Å². The molecule has 0 aliphatic rings. The van der Waals surface area contributed by atoms with E-state index in [0.717, 1.165) is 5.69 Å². The number of aromatic nitrogens is 2. The lowest BCUT2D eigenvalue weighted by atomic mass is 10.2. The van der Waals surface area contributed by atoms with Crippen LogP contribution in [0.1, 0.15) is 29.8 Å². The topological polar surface area (TPSA) is 58.1 Å². The fourth-order valence-electron chi connectivity index (χ4n) is 2.58. The van der Waals surface area contributed by atoms with E-state index >= 15 is 0 Å². The van der Waals surface area contributed by atoms with Gasteiger partial charge in [-0.3, -0.25) is 4.79 Å². The van der Waals surface area contributed by atoms with Gasteiger partial charge in [-0.1, -0.05) is 48.5 Å². The average molecular weight is 346 g/mol. The Morgan fingerprint density at radius 3 is 2.12 bits per heavy atom. The SMILES string of the molecule is CC(C)N(Cc1ccccc1)c1ncc(C(=O)Nc2ccccc2)cn1. The molecule has 1 N–H and O–H groups in total. The molecule has 0 unspecified atom stereocenters. The number of nitrogens with zero attached hydrogens (tertiary/aromatic N) is 3. The second-order valence-corrected chi connectivity index (χ2v) is 6.30. The Labute approximate surface area is 153 Å². The molecule has 0 saturated carbocycles. The summed E-state index contributed by atoms with van der Waals surface area (Å²) in [7, 11) is 0. The van der Waals surface area contributed by atoms with Gasteiger partial charge in [0.25, 0.3) is 5.91 Å². The molecule has 0 saturated heterocycles. The molecule has 26 heavy (non-hydrogen) atoms. The van der Waals surface area contributed by atoms with E-state index in [4.69, 9.17) is 0 Å². The Kier molecular flexibility index (Phi) is 5.59. The molecule has 0 aliphatic heterocycles. The Morgan fingerprint density at radius 1 is 0.962 bits per heavy atom. The minimum Gasteiger partial charge on any atom is -0.334 e. The summed E-state index contributed by atoms with van der Waals surface area (Å²) in [4.78, 5) is 23.2. The van der Waals surface area contributed by atoms with Gasteiger partial charge in [0, 0.05) is 30.7 Å². The molecular formula is C21H22N4O. The van der Waals surface area contributed by atoms with Gasteiger partial charge in [-0.25, -0.2) is 9.97 Å². The Bertz CT molecular complexity index is 833. The summed E-state index contributed by atoms with van der Waals surface area (Å²) < 4.78 is 0. The third-order valence-electron chi connectivity index (χ3n) is 4.01. The second-order valence-electron chi connectivity index (χ2n) is 6.30. The zero-order valence-electron chi connectivity index (χ0n) is 15.0. The lowest BCUT2D eigenvalue weighted by Gasteiger charge is -2.26. The van der Waals surface area contributed by atoms with Gasteiger partial charge in [0.2, 0.25) is 5.95 Å². The molecule has 3 rings (SSSR count). The molecule has 0 fully saturated rings. The zero-order chi connectivity index (χ0) is 18.4. The molecule has 0 aliphatic carbocycles. The van der Waals surface area contributed by atoms with Crippen LogP contribution >= 0.6 is 0 Å². The number of benzene rings is 2. The largest absolute Gasteiger partial charge is 0.334 e. The van der Waals surface area contributed by atoms with Gasteiger partial charge in [-0.05, 0) is 31.5 Å². The van der Waals surface area contributed by atoms with Crippen molar-refractivity contribution in [2.24, 2.45) is 0 Å². The highest BCUT2D eigenvalue weighted by Crippen LogP contribution is 2.16. The first-order valence-electron chi connectivity index (χ1n) is 8.62. The highest BCUT2D eigenvalue weighted by molar-refractivity contribution is 6.03. The predicted molar refractivity (Wildman–Crippen MR) is 104 cm³/mol. The number of carbonyl (C=O) groups excluding carboxylic acids is 1. The maximum atomic E-state index is 12.3. The van der Waals surface area contributed by atoms with E-state index in [9.17, 15) is 4.79 Å². The number of hydrogen-bond donors (Lipinski definition) is 1. The van der Waals surface area contributed by atoms with Gasteiger partial charge in [0.15, 0.2) is 0 Å². The smallest absolute Gasteiger partial charge is 0.258 e. The van der Waals surface area contributed by atoms with Crippen molar-refractivity contribution in [2.45, 2.75) is 26.4 Å². The van der Waals surface area contributed by atoms with Crippen LogP contribution in [0.15, 0.2) is 73.1 Å². The van der Waals surface area contributed by atoms with E-state index in [2.05, 4.69) is 46.2 Å². The Morgan fingerprint density at radius 2 is 1.54 bits per heavy atom. The van der Waals surface area contributed by atoms with Crippen molar-refractivity contribution in [1.29, 1.82) is 0 Å². The third-order valence-corrected chi connectivity index (χ3v) is 4.01. The first-order valence-corrected chi connectivity index (χ1v) is 8.62. The molecule has 0 spiro atoms. The summed E-state index contributed by atoms with van der Waals surface area (Å²) in [5.74, 6) is 0.391. The maximum absolute atomic E-state index is 12.3. The van der Waals surface area contributed by atoms with Crippen molar-refractivity contribution in [2.75, 3.05) is 10.2 Å². The van der Waals surface area contributed by atoms with Crippen LogP contribution in [0.4, 0.5) is 11.6 Å². The minimum atomic E-state index is -0.220. The standard InChI is InChI=1S/C21H22N4O/c1-16(2)25(15-17-9-5-3-6-10-17)21-22-13-18(14-23-21)20(26)24-19-11-7-4-8-12-19/h3-14,16H,15H2,1-2H3,(H,24,26). The number of carbonyl (C=O) groups is 1. The fourth-order valence-corrected chi connectivity index (χ4v) is 2.58. The lowest BCUT2D eigenvalue weighted by Crippen LogP contribution is -2.31. The summed E-state index contributed by atoms with van der Waals surface area (Å²) in [6.07, 6.45) is 3.14. The van der Waals surface area contributed by atoms with Crippen LogP contribution in [0.5, 0.6) is 0 Å². The van der Waals surface area contributed by atoms with E-state index in [-0.39, 0.29) is 11.9 Å². The number of hydrogen-bond acceptors (Lipinski definition) is 4. The average Bonchev–Trinajstić information content (AvgIpc) is 2.67. The first-order chi connectivity index (χ1) is 12.6. The number of anilines is 2. The van der Waals surface area contributed by atoms with Crippen LogP contribution in [-0.4, -0.2) is 21.9 Å². The number of amides is 1. The van der Waals surface area contributed by atoms with Gasteiger partial charge in [-0.2, -0.15) is 0 Å². The number of nitrogens with one attached hydrogen (secondary N) is 1. The summed E-state index contributed by atoms with van der Waals surface area (Å²) in [6.45, 7) is 4.92. The van der Waals surface area contributed by atoms with Crippen molar-refractivity contribution in [1.82, 2.24) is 9.97 Å². The van der Waals surface area contributed by atoms with Gasteiger partial charge in [0.1, 0.15) is 0 Å². The van der Waals surface area contributed by atoms with Crippen LogP contribution in [-0.2, 0) is 6.54 Å². The van der Waals surface area contributed by atoms with Crippen molar-refractivity contribution in [3.05, 3.63) is 84.2 Å². The molecule has 5 heteroatoms. The molecule has 3 aromatic rings. The van der Waals surface area contributed by atoms with Crippen LogP contribution < -0.4 is 10.2 Å². The predicted octanol–water partition coefficient (Wildman–Crippen LogP) is 4.14. The summed E-state index contributed by atoms with van der Waals surface area (Å²) in [6, 6.07) is 19.8. The Hall–Kier alpha value is -3.21. The van der Waals surface area contributed by atoms with Crippen LogP contribution in [0.25, 0.3) is 0 Å². The second kappa shape index (κ2) is 8.25. The highest BCUT2D eigenvalue weighted by atomic mass is 16.1. The Balaban J connectivity index is 1.73. The number of para-hydroxylation sites is 1. The molecule has 0 atom stereocenters. The molecule has 0 radical (unpaired) electrons. The molecule has 2 aromatic carbocycles. The van der Waals surface area contributed by atoms with Crippen molar-refractivity contribution < 1.29 is 4.79 Å². The summed E-state index contributed by atoms with van der Waals surface area (Å²) in [5, 5.41) is 2.84. The fraction of sp³-hybridized carbons (Fsp3) is 0.190. The molecule has 5 nitrogen and oxygen atoms in total. The monoisotopic (exact) mass is 346 g/mol. The molecule has 1 heterocycles.